The third-order valence-electron chi connectivity index (χ3n) is 4.75. The van der Waals surface area contributed by atoms with Crippen molar-refractivity contribution in [2.24, 2.45) is 5.92 Å². The average molecular weight is 463 g/mol. The molecule has 0 aliphatic carbocycles. The van der Waals surface area contributed by atoms with E-state index in [4.69, 9.17) is 14.2 Å². The molecule has 1 aliphatic heterocycles. The van der Waals surface area contributed by atoms with Crippen LogP contribution in [0.15, 0.2) is 43.5 Å². The first-order chi connectivity index (χ1) is 15.3. The summed E-state index contributed by atoms with van der Waals surface area (Å²) in [6.07, 6.45) is 2.48. The van der Waals surface area contributed by atoms with Crippen LogP contribution in [0.1, 0.15) is 23.2 Å². The number of hydrogen-bond donors (Lipinski definition) is 2. The summed E-state index contributed by atoms with van der Waals surface area (Å²) in [5.74, 6) is -1.04. The number of likely N-dealkylation sites (tertiary alicyclic amines) is 1. The van der Waals surface area contributed by atoms with E-state index in [1.807, 2.05) is 0 Å². The van der Waals surface area contributed by atoms with Crippen LogP contribution in [-0.2, 0) is 19.1 Å². The van der Waals surface area contributed by atoms with Crippen molar-refractivity contribution in [2.75, 3.05) is 32.2 Å². The zero-order chi connectivity index (χ0) is 23.7. The molecule has 10 heteroatoms. The van der Waals surface area contributed by atoms with Crippen LogP contribution in [0, 0.1) is 5.92 Å². The Balaban J connectivity index is 2.28. The Labute approximate surface area is 191 Å². The number of carbonyl (C=O) groups excluding carboxylic acids is 4. The molecule has 0 saturated carbocycles. The fourth-order valence-corrected chi connectivity index (χ4v) is 3.60. The van der Waals surface area contributed by atoms with E-state index in [1.54, 1.807) is 6.07 Å². The SMILES string of the molecule is C=CCOC(=O)c1ccc(OC)cc1NC(=O)[C@@H]1C[C@@H](CC(=O)S)CN1C(=O)OCC=C. The van der Waals surface area contributed by atoms with E-state index in [9.17, 15) is 19.2 Å². The van der Waals surface area contributed by atoms with Gasteiger partial charge in [0.1, 0.15) is 25.0 Å². The van der Waals surface area contributed by atoms with Gasteiger partial charge in [-0.3, -0.25) is 14.5 Å². The summed E-state index contributed by atoms with van der Waals surface area (Å²) in [6.45, 7) is 7.14. The maximum absolute atomic E-state index is 13.1. The fraction of sp³-hybridized carbons (Fsp3) is 0.364. The molecule has 1 heterocycles. The summed E-state index contributed by atoms with van der Waals surface area (Å²) < 4.78 is 15.3. The number of nitrogens with one attached hydrogen (secondary N) is 1. The van der Waals surface area contributed by atoms with E-state index in [-0.39, 0.29) is 54.9 Å². The van der Waals surface area contributed by atoms with E-state index < -0.39 is 24.0 Å². The quantitative estimate of drug-likeness (QED) is 0.312. The average Bonchev–Trinajstić information content (AvgIpc) is 3.19. The number of anilines is 1. The van der Waals surface area contributed by atoms with Gasteiger partial charge in [-0.1, -0.05) is 25.3 Å². The highest BCUT2D eigenvalue weighted by Crippen LogP contribution is 2.30. The second kappa shape index (κ2) is 11.9. The molecule has 0 unspecified atom stereocenters. The molecule has 172 valence electrons. The zero-order valence-corrected chi connectivity index (χ0v) is 18.6. The molecule has 0 aromatic heterocycles. The van der Waals surface area contributed by atoms with Gasteiger partial charge in [0.15, 0.2) is 5.12 Å². The highest BCUT2D eigenvalue weighted by Gasteiger charge is 2.41. The highest BCUT2D eigenvalue weighted by atomic mass is 32.1. The molecule has 9 nitrogen and oxygen atoms in total. The van der Waals surface area contributed by atoms with Crippen LogP contribution >= 0.6 is 12.6 Å². The predicted octanol–water partition coefficient (Wildman–Crippen LogP) is 2.84. The smallest absolute Gasteiger partial charge is 0.410 e. The van der Waals surface area contributed by atoms with Gasteiger partial charge in [0, 0.05) is 19.0 Å². The molecule has 32 heavy (non-hydrogen) atoms. The van der Waals surface area contributed by atoms with Crippen molar-refractivity contribution in [3.05, 3.63) is 49.1 Å². The Morgan fingerprint density at radius 3 is 2.50 bits per heavy atom. The Kier molecular flexibility index (Phi) is 9.33. The van der Waals surface area contributed by atoms with Crippen LogP contribution in [-0.4, -0.2) is 60.9 Å². The van der Waals surface area contributed by atoms with Gasteiger partial charge in [-0.05, 0) is 24.5 Å². The Bertz CT molecular complexity index is 902. The summed E-state index contributed by atoms with van der Waals surface area (Å²) in [5.41, 5.74) is 0.276. The first-order valence-corrected chi connectivity index (χ1v) is 10.3. The molecule has 1 aromatic rings. The minimum Gasteiger partial charge on any atom is -0.497 e. The summed E-state index contributed by atoms with van der Waals surface area (Å²) >= 11 is 3.80. The van der Waals surface area contributed by atoms with Gasteiger partial charge in [-0.25, -0.2) is 9.59 Å². The zero-order valence-electron chi connectivity index (χ0n) is 17.7. The van der Waals surface area contributed by atoms with Crippen molar-refractivity contribution in [3.63, 3.8) is 0 Å². The van der Waals surface area contributed by atoms with Gasteiger partial charge in [-0.2, -0.15) is 0 Å². The number of amides is 2. The Morgan fingerprint density at radius 1 is 1.19 bits per heavy atom. The van der Waals surface area contributed by atoms with Crippen LogP contribution in [0.2, 0.25) is 0 Å². The molecule has 2 rings (SSSR count). The third-order valence-corrected chi connectivity index (χ3v) is 4.93. The second-order valence-electron chi connectivity index (χ2n) is 7.02. The van der Waals surface area contributed by atoms with E-state index in [1.165, 1.54) is 36.3 Å². The fourth-order valence-electron chi connectivity index (χ4n) is 3.34. The van der Waals surface area contributed by atoms with Crippen LogP contribution in [0.4, 0.5) is 10.5 Å². The standard InChI is InChI=1S/C22H26N2O7S/c1-4-8-30-21(27)16-7-6-15(29-3)12-17(16)23-20(26)18-10-14(11-19(25)32)13-24(18)22(28)31-9-5-2/h4-7,12,14,18H,1-2,8-11,13H2,3H3,(H,23,26)(H,25,32)/t14-,18-/m0/s1. The number of hydrogen-bond acceptors (Lipinski definition) is 7. The minimum atomic E-state index is -0.909. The second-order valence-corrected chi connectivity index (χ2v) is 7.52. The van der Waals surface area contributed by atoms with Gasteiger partial charge >= 0.3 is 12.1 Å². The summed E-state index contributed by atoms with van der Waals surface area (Å²) in [6, 6.07) is 3.59. The monoisotopic (exact) mass is 462 g/mol. The third kappa shape index (κ3) is 6.61. The van der Waals surface area contributed by atoms with Crippen molar-refractivity contribution >= 4 is 41.4 Å². The molecule has 0 spiro atoms. The van der Waals surface area contributed by atoms with Crippen LogP contribution in [0.3, 0.4) is 0 Å². The molecular formula is C22H26N2O7S. The normalized spacial score (nSPS) is 17.2. The van der Waals surface area contributed by atoms with Crippen molar-refractivity contribution in [1.82, 2.24) is 4.90 Å². The van der Waals surface area contributed by atoms with Crippen LogP contribution in [0.5, 0.6) is 5.75 Å². The van der Waals surface area contributed by atoms with Gasteiger partial charge < -0.3 is 19.5 Å². The van der Waals surface area contributed by atoms with Crippen molar-refractivity contribution in [2.45, 2.75) is 18.9 Å². The van der Waals surface area contributed by atoms with Gasteiger partial charge in [0.2, 0.25) is 5.91 Å². The molecule has 1 aliphatic rings. The molecule has 1 saturated heterocycles. The predicted molar refractivity (Wildman–Crippen MR) is 121 cm³/mol. The van der Waals surface area contributed by atoms with E-state index in [0.29, 0.717) is 5.75 Å². The van der Waals surface area contributed by atoms with Gasteiger partial charge in [0.05, 0.1) is 18.4 Å². The first kappa shape index (κ1) is 25.0. The number of ether oxygens (including phenoxy) is 3. The molecule has 0 radical (unpaired) electrons. The maximum atomic E-state index is 13.1. The van der Waals surface area contributed by atoms with Gasteiger partial charge in [-0.15, -0.1) is 12.6 Å². The summed E-state index contributed by atoms with van der Waals surface area (Å²) in [4.78, 5) is 50.7. The molecule has 1 N–H and O–H groups in total. The molecular weight excluding hydrogens is 436 g/mol. The molecule has 2 amide bonds. The van der Waals surface area contributed by atoms with E-state index in [2.05, 4.69) is 31.1 Å². The van der Waals surface area contributed by atoms with Gasteiger partial charge in [0.25, 0.3) is 0 Å². The topological polar surface area (TPSA) is 111 Å². The first-order valence-electron chi connectivity index (χ1n) is 9.83. The summed E-state index contributed by atoms with van der Waals surface area (Å²) in [5, 5.41) is 2.34. The Hall–Kier alpha value is -3.27. The van der Waals surface area contributed by atoms with E-state index in [0.717, 1.165) is 0 Å². The van der Waals surface area contributed by atoms with Crippen LogP contribution in [0.25, 0.3) is 0 Å². The lowest BCUT2D eigenvalue weighted by atomic mass is 10.0. The van der Waals surface area contributed by atoms with Crippen LogP contribution < -0.4 is 10.1 Å². The minimum absolute atomic E-state index is 0.00321. The number of thiol groups is 1. The number of rotatable bonds is 10. The number of benzene rings is 1. The molecule has 0 bridgehead atoms. The van der Waals surface area contributed by atoms with Crippen molar-refractivity contribution in [1.29, 1.82) is 0 Å². The lowest BCUT2D eigenvalue weighted by molar-refractivity contribution is -0.120. The molecule has 2 atom stereocenters. The Morgan fingerprint density at radius 2 is 1.88 bits per heavy atom. The van der Waals surface area contributed by atoms with Crippen molar-refractivity contribution in [3.8, 4) is 5.75 Å². The molecule has 1 aromatic carbocycles. The number of methoxy groups -OCH3 is 1. The maximum Gasteiger partial charge on any atom is 0.410 e. The van der Waals surface area contributed by atoms with E-state index >= 15 is 0 Å². The lowest BCUT2D eigenvalue weighted by Crippen LogP contribution is -2.43. The highest BCUT2D eigenvalue weighted by molar-refractivity contribution is 7.96. The lowest BCUT2D eigenvalue weighted by Gasteiger charge is -2.23. The number of carbonyl (C=O) groups is 4. The molecule has 1 fully saturated rings. The summed E-state index contributed by atoms with van der Waals surface area (Å²) in [7, 11) is 1.45. The van der Waals surface area contributed by atoms with Crippen molar-refractivity contribution < 1.29 is 33.4 Å². The number of nitrogens with zero attached hydrogens (tertiary/aromatic N) is 1. The largest absolute Gasteiger partial charge is 0.497 e. The number of esters is 1.